The number of aliphatic hydroxyl groups excluding tert-OH is 1. The van der Waals surface area contributed by atoms with E-state index in [2.05, 4.69) is 34.1 Å². The summed E-state index contributed by atoms with van der Waals surface area (Å²) in [6.45, 7) is 5.86. The molecule has 1 N–H and O–H groups in total. The topological polar surface area (TPSA) is 35.9 Å². The Kier molecular flexibility index (Phi) is 6.45. The van der Waals surface area contributed by atoms with Gasteiger partial charge in [-0.05, 0) is 29.7 Å². The molecule has 4 heteroatoms. The summed E-state index contributed by atoms with van der Waals surface area (Å²) in [5.41, 5.74) is 2.52. The number of piperazine rings is 1. The molecule has 3 rings (SSSR count). The van der Waals surface area contributed by atoms with Crippen LogP contribution in [0.3, 0.4) is 0 Å². The minimum atomic E-state index is -0.296. The summed E-state index contributed by atoms with van der Waals surface area (Å²) in [7, 11) is 1.69. The average Bonchev–Trinajstić information content (AvgIpc) is 2.65. The Morgan fingerprint density at radius 1 is 0.880 bits per heavy atom. The highest BCUT2D eigenvalue weighted by Gasteiger charge is 2.19. The maximum atomic E-state index is 10.3. The monoisotopic (exact) mass is 340 g/mol. The summed E-state index contributed by atoms with van der Waals surface area (Å²) in [6.07, 6.45) is 0.433. The van der Waals surface area contributed by atoms with Gasteiger partial charge in [-0.1, -0.05) is 42.5 Å². The molecule has 0 radical (unpaired) electrons. The summed E-state index contributed by atoms with van der Waals surface area (Å²) < 4.78 is 5.21. The van der Waals surface area contributed by atoms with Crippen LogP contribution < -0.4 is 4.74 Å². The molecule has 0 spiro atoms. The normalized spacial score (nSPS) is 17.4. The zero-order valence-electron chi connectivity index (χ0n) is 15.0. The maximum absolute atomic E-state index is 10.3. The Bertz CT molecular complexity index is 622. The van der Waals surface area contributed by atoms with E-state index in [1.165, 1.54) is 11.1 Å². The lowest BCUT2D eigenvalue weighted by Gasteiger charge is -2.35. The number of rotatable bonds is 7. The van der Waals surface area contributed by atoms with Crippen molar-refractivity contribution < 1.29 is 9.84 Å². The van der Waals surface area contributed by atoms with E-state index in [0.29, 0.717) is 0 Å². The second-order valence-corrected chi connectivity index (χ2v) is 6.77. The van der Waals surface area contributed by atoms with Crippen LogP contribution in [0.2, 0.25) is 0 Å². The first-order valence-corrected chi connectivity index (χ1v) is 9.02. The summed E-state index contributed by atoms with van der Waals surface area (Å²) in [5, 5.41) is 10.3. The van der Waals surface area contributed by atoms with Gasteiger partial charge in [0.25, 0.3) is 0 Å². The molecule has 1 saturated heterocycles. The van der Waals surface area contributed by atoms with Gasteiger partial charge in [0, 0.05) is 39.3 Å². The Morgan fingerprint density at radius 2 is 1.52 bits per heavy atom. The molecule has 4 nitrogen and oxygen atoms in total. The fourth-order valence-corrected chi connectivity index (χ4v) is 3.37. The van der Waals surface area contributed by atoms with Crippen LogP contribution in [0.25, 0.3) is 0 Å². The number of β-amino-alcohol motifs (C(OH)–C–C–N with tert-alkyl or cyclic N) is 1. The molecule has 134 valence electrons. The SMILES string of the molecule is COc1ccc(CN2CCN(CC(O)Cc3ccccc3)CC2)cc1. The molecular formula is C21H28N2O2. The van der Waals surface area contributed by atoms with Crippen LogP contribution in [0, 0.1) is 0 Å². The molecule has 25 heavy (non-hydrogen) atoms. The van der Waals surface area contributed by atoms with E-state index in [1.54, 1.807) is 7.11 Å². The lowest BCUT2D eigenvalue weighted by molar-refractivity contribution is 0.0704. The summed E-state index contributed by atoms with van der Waals surface area (Å²) in [5.74, 6) is 0.904. The van der Waals surface area contributed by atoms with Crippen molar-refractivity contribution >= 4 is 0 Å². The molecule has 1 heterocycles. The predicted octanol–water partition coefficient (Wildman–Crippen LogP) is 2.42. The average molecular weight is 340 g/mol. The summed E-state index contributed by atoms with van der Waals surface area (Å²) in [6, 6.07) is 18.5. The molecule has 0 saturated carbocycles. The van der Waals surface area contributed by atoms with Crippen molar-refractivity contribution in [2.75, 3.05) is 39.8 Å². The summed E-state index contributed by atoms with van der Waals surface area (Å²) >= 11 is 0. The van der Waals surface area contributed by atoms with E-state index in [0.717, 1.165) is 51.4 Å². The minimum Gasteiger partial charge on any atom is -0.497 e. The predicted molar refractivity (Wildman–Crippen MR) is 101 cm³/mol. The minimum absolute atomic E-state index is 0.296. The van der Waals surface area contributed by atoms with Gasteiger partial charge in [-0.25, -0.2) is 0 Å². The van der Waals surface area contributed by atoms with Crippen molar-refractivity contribution in [2.24, 2.45) is 0 Å². The van der Waals surface area contributed by atoms with Crippen molar-refractivity contribution in [3.05, 3.63) is 65.7 Å². The van der Waals surface area contributed by atoms with Crippen LogP contribution in [-0.4, -0.2) is 60.8 Å². The first-order valence-electron chi connectivity index (χ1n) is 9.02. The Labute approximate surface area is 150 Å². The third-order valence-electron chi connectivity index (χ3n) is 4.81. The molecule has 0 aromatic heterocycles. The molecule has 1 unspecified atom stereocenters. The number of nitrogens with zero attached hydrogens (tertiary/aromatic N) is 2. The third kappa shape index (κ3) is 5.56. The van der Waals surface area contributed by atoms with Crippen molar-refractivity contribution in [1.82, 2.24) is 9.80 Å². The van der Waals surface area contributed by atoms with Crippen LogP contribution in [0.15, 0.2) is 54.6 Å². The Balaban J connectivity index is 1.40. The largest absolute Gasteiger partial charge is 0.497 e. The van der Waals surface area contributed by atoms with Crippen LogP contribution in [-0.2, 0) is 13.0 Å². The highest BCUT2D eigenvalue weighted by Crippen LogP contribution is 2.14. The van der Waals surface area contributed by atoms with E-state index < -0.39 is 0 Å². The van der Waals surface area contributed by atoms with E-state index in [-0.39, 0.29) is 6.10 Å². The van der Waals surface area contributed by atoms with Crippen molar-refractivity contribution in [3.8, 4) is 5.75 Å². The third-order valence-corrected chi connectivity index (χ3v) is 4.81. The maximum Gasteiger partial charge on any atom is 0.118 e. The molecule has 2 aromatic carbocycles. The zero-order chi connectivity index (χ0) is 17.5. The fraction of sp³-hybridized carbons (Fsp3) is 0.429. The zero-order valence-corrected chi connectivity index (χ0v) is 15.0. The van der Waals surface area contributed by atoms with Crippen LogP contribution in [0.4, 0.5) is 0 Å². The first kappa shape index (κ1) is 17.9. The molecule has 0 amide bonds. The van der Waals surface area contributed by atoms with Gasteiger partial charge in [0.15, 0.2) is 0 Å². The highest BCUT2D eigenvalue weighted by atomic mass is 16.5. The van der Waals surface area contributed by atoms with E-state index >= 15 is 0 Å². The second kappa shape index (κ2) is 8.99. The highest BCUT2D eigenvalue weighted by molar-refractivity contribution is 5.27. The van der Waals surface area contributed by atoms with E-state index in [4.69, 9.17) is 4.74 Å². The van der Waals surface area contributed by atoms with Gasteiger partial charge in [-0.3, -0.25) is 9.80 Å². The van der Waals surface area contributed by atoms with Gasteiger partial charge in [0.1, 0.15) is 5.75 Å². The van der Waals surface area contributed by atoms with Gasteiger partial charge in [-0.2, -0.15) is 0 Å². The number of ether oxygens (including phenoxy) is 1. The van der Waals surface area contributed by atoms with E-state index in [9.17, 15) is 5.11 Å². The van der Waals surface area contributed by atoms with Gasteiger partial charge in [-0.15, -0.1) is 0 Å². The second-order valence-electron chi connectivity index (χ2n) is 6.77. The lowest BCUT2D eigenvalue weighted by Crippen LogP contribution is -2.48. The molecule has 1 atom stereocenters. The first-order chi connectivity index (χ1) is 12.2. The summed E-state index contributed by atoms with van der Waals surface area (Å²) in [4.78, 5) is 4.85. The van der Waals surface area contributed by atoms with Crippen LogP contribution in [0.5, 0.6) is 5.75 Å². The number of aliphatic hydroxyl groups is 1. The van der Waals surface area contributed by atoms with Gasteiger partial charge in [0.2, 0.25) is 0 Å². The Morgan fingerprint density at radius 3 is 2.16 bits per heavy atom. The van der Waals surface area contributed by atoms with Crippen molar-refractivity contribution in [1.29, 1.82) is 0 Å². The molecular weight excluding hydrogens is 312 g/mol. The van der Waals surface area contributed by atoms with Gasteiger partial charge in [0.05, 0.1) is 13.2 Å². The lowest BCUT2D eigenvalue weighted by atomic mass is 10.1. The van der Waals surface area contributed by atoms with Crippen LogP contribution in [0.1, 0.15) is 11.1 Å². The number of hydrogen-bond donors (Lipinski definition) is 1. The van der Waals surface area contributed by atoms with Gasteiger partial charge >= 0.3 is 0 Å². The molecule has 1 fully saturated rings. The van der Waals surface area contributed by atoms with Crippen molar-refractivity contribution in [2.45, 2.75) is 19.1 Å². The van der Waals surface area contributed by atoms with Gasteiger partial charge < -0.3 is 9.84 Å². The number of hydrogen-bond acceptors (Lipinski definition) is 4. The number of methoxy groups -OCH3 is 1. The molecule has 0 aliphatic carbocycles. The van der Waals surface area contributed by atoms with Crippen molar-refractivity contribution in [3.63, 3.8) is 0 Å². The van der Waals surface area contributed by atoms with E-state index in [1.807, 2.05) is 30.3 Å². The Hall–Kier alpha value is -1.88. The molecule has 1 aliphatic rings. The molecule has 0 bridgehead atoms. The number of benzene rings is 2. The quantitative estimate of drug-likeness (QED) is 0.840. The van der Waals surface area contributed by atoms with Crippen LogP contribution >= 0.6 is 0 Å². The fourth-order valence-electron chi connectivity index (χ4n) is 3.37. The standard InChI is InChI=1S/C21H28N2O2/c1-25-21-9-7-19(8-10-21)16-22-11-13-23(14-12-22)17-20(24)15-18-5-3-2-4-6-18/h2-10,20,24H,11-17H2,1H3. The molecule has 2 aromatic rings. The molecule has 1 aliphatic heterocycles. The smallest absolute Gasteiger partial charge is 0.118 e.